The van der Waals surface area contributed by atoms with E-state index in [1.54, 1.807) is 27.7 Å². The fourth-order valence-corrected chi connectivity index (χ4v) is 4.52. The first-order chi connectivity index (χ1) is 12.9. The number of aryl methyl sites for hydroxylation is 1. The Kier molecular flexibility index (Phi) is 7.03. The van der Waals surface area contributed by atoms with Gasteiger partial charge in [0.15, 0.2) is 6.10 Å². The molecule has 160 valence electrons. The molecule has 0 aromatic carbocycles. The van der Waals surface area contributed by atoms with Crippen LogP contribution in [0.25, 0.3) is 0 Å². The summed E-state index contributed by atoms with van der Waals surface area (Å²) in [6.45, 7) is 7.88. The monoisotopic (exact) mass is 422 g/mol. The molecule has 0 aliphatic carbocycles. The summed E-state index contributed by atoms with van der Waals surface area (Å²) in [5.41, 5.74) is -1.45. The van der Waals surface area contributed by atoms with Crippen LogP contribution < -0.4 is 11.2 Å². The van der Waals surface area contributed by atoms with E-state index in [-0.39, 0.29) is 12.2 Å². The lowest BCUT2D eigenvalue weighted by Gasteiger charge is -2.29. The topological polar surface area (TPSA) is 149 Å². The fourth-order valence-electron chi connectivity index (χ4n) is 2.69. The number of aliphatic hydroxyl groups is 2. The summed E-state index contributed by atoms with van der Waals surface area (Å²) in [6.07, 6.45) is -3.02. The summed E-state index contributed by atoms with van der Waals surface area (Å²) in [5.74, 6) is -2.46. The summed E-state index contributed by atoms with van der Waals surface area (Å²) in [4.78, 5) is 25.6. The predicted molar refractivity (Wildman–Crippen MR) is 98.0 cm³/mol. The van der Waals surface area contributed by atoms with Crippen LogP contribution in [0.5, 0.6) is 0 Å². The van der Waals surface area contributed by atoms with E-state index in [1.807, 2.05) is 4.98 Å². The Bertz CT molecular complexity index is 835. The van der Waals surface area contributed by atoms with Gasteiger partial charge in [0.25, 0.3) is 11.5 Å². The van der Waals surface area contributed by atoms with E-state index >= 15 is 0 Å². The van der Waals surface area contributed by atoms with E-state index in [0.29, 0.717) is 4.57 Å². The van der Waals surface area contributed by atoms with Crippen LogP contribution in [0.3, 0.4) is 0 Å². The molecule has 1 aromatic rings. The van der Waals surface area contributed by atoms with Crippen LogP contribution in [0.15, 0.2) is 15.8 Å². The zero-order chi connectivity index (χ0) is 21.3. The number of aromatic nitrogens is 2. The highest BCUT2D eigenvalue weighted by atomic mass is 31.2. The van der Waals surface area contributed by atoms with Gasteiger partial charge in [0.2, 0.25) is 0 Å². The number of rotatable bonds is 8. The Labute approximate surface area is 161 Å². The van der Waals surface area contributed by atoms with Crippen molar-refractivity contribution in [3.8, 4) is 0 Å². The lowest BCUT2D eigenvalue weighted by Crippen LogP contribution is -2.52. The van der Waals surface area contributed by atoms with Gasteiger partial charge in [-0.3, -0.25) is 14.3 Å². The third-order valence-corrected chi connectivity index (χ3v) is 5.80. The minimum atomic E-state index is -3.63. The largest absolute Gasteiger partial charge is 0.382 e. The maximum absolute atomic E-state index is 12.8. The summed E-state index contributed by atoms with van der Waals surface area (Å²) in [7, 11) is -3.63. The molecule has 1 unspecified atom stereocenters. The third kappa shape index (κ3) is 4.98. The van der Waals surface area contributed by atoms with Crippen LogP contribution in [-0.2, 0) is 29.0 Å². The molecule has 1 aliphatic heterocycles. The van der Waals surface area contributed by atoms with E-state index in [0.717, 1.165) is 6.20 Å². The van der Waals surface area contributed by atoms with Crippen molar-refractivity contribution in [1.29, 1.82) is 0 Å². The normalized spacial score (nSPS) is 25.8. The Balaban J connectivity index is 2.18. The zero-order valence-corrected chi connectivity index (χ0v) is 17.3. The Morgan fingerprint density at radius 1 is 1.32 bits per heavy atom. The van der Waals surface area contributed by atoms with Crippen molar-refractivity contribution in [2.75, 3.05) is 13.0 Å². The van der Waals surface area contributed by atoms with E-state index in [2.05, 4.69) is 0 Å². The highest BCUT2D eigenvalue weighted by Gasteiger charge is 2.52. The first kappa shape index (κ1) is 23.0. The number of nitrogens with one attached hydrogen (secondary N) is 1. The molecule has 3 atom stereocenters. The van der Waals surface area contributed by atoms with Crippen molar-refractivity contribution >= 4 is 7.60 Å². The van der Waals surface area contributed by atoms with E-state index in [1.165, 1.54) is 6.92 Å². The second-order valence-electron chi connectivity index (χ2n) is 7.11. The molecule has 1 aliphatic rings. The standard InChI is InChI=1S/C16H27N2O9P/c1-9(2)26-28(23,27-10(3)4)8-24-12-7-25-16(22,13(12)19)18-6-11(5)14(20)17-15(18)21/h6,9-10,12-13,19,22H,7-8H2,1-5H3,(H,17,20,21)/t12-,13+,16?/m0/s1. The number of aromatic amines is 1. The highest BCUT2D eigenvalue weighted by molar-refractivity contribution is 7.53. The summed E-state index contributed by atoms with van der Waals surface area (Å²) in [5, 5.41) is 21.2. The van der Waals surface area contributed by atoms with Gasteiger partial charge in [0.05, 0.1) is 18.8 Å². The molecular weight excluding hydrogens is 395 g/mol. The molecule has 1 aromatic heterocycles. The van der Waals surface area contributed by atoms with Crippen molar-refractivity contribution in [2.45, 2.75) is 64.9 Å². The number of aliphatic hydroxyl groups excluding tert-OH is 1. The summed E-state index contributed by atoms with van der Waals surface area (Å²) in [6, 6.07) is 0. The molecule has 0 spiro atoms. The van der Waals surface area contributed by atoms with Crippen LogP contribution in [0.4, 0.5) is 0 Å². The predicted octanol–water partition coefficient (Wildman–Crippen LogP) is 0.225. The quantitative estimate of drug-likeness (QED) is 0.500. The molecule has 28 heavy (non-hydrogen) atoms. The number of nitrogens with zero attached hydrogens (tertiary/aromatic N) is 1. The molecule has 0 radical (unpaired) electrons. The van der Waals surface area contributed by atoms with E-state index < -0.39 is 55.5 Å². The first-order valence-electron chi connectivity index (χ1n) is 8.83. The molecule has 12 heteroatoms. The number of ether oxygens (including phenoxy) is 2. The van der Waals surface area contributed by atoms with Gasteiger partial charge in [0, 0.05) is 11.8 Å². The molecule has 1 saturated heterocycles. The van der Waals surface area contributed by atoms with Crippen LogP contribution >= 0.6 is 7.60 Å². The number of hydrogen-bond donors (Lipinski definition) is 3. The smallest absolute Gasteiger partial charge is 0.356 e. The second-order valence-corrected chi connectivity index (χ2v) is 9.01. The molecule has 3 N–H and O–H groups in total. The molecule has 11 nitrogen and oxygen atoms in total. The van der Waals surface area contributed by atoms with Crippen molar-refractivity contribution in [1.82, 2.24) is 9.55 Å². The minimum absolute atomic E-state index is 0.133. The van der Waals surface area contributed by atoms with Crippen LogP contribution in [0, 0.1) is 6.92 Å². The molecule has 0 bridgehead atoms. The van der Waals surface area contributed by atoms with Crippen LogP contribution in [0.2, 0.25) is 0 Å². The van der Waals surface area contributed by atoms with E-state index in [4.69, 9.17) is 18.5 Å². The fraction of sp³-hybridized carbons (Fsp3) is 0.750. The maximum Gasteiger partial charge on any atom is 0.356 e. The van der Waals surface area contributed by atoms with Crippen molar-refractivity contribution in [2.24, 2.45) is 0 Å². The SMILES string of the molecule is Cc1cn(C2(O)OC[C@H](OCP(=O)(OC(C)C)OC(C)C)[C@H]2O)c(=O)[nH]c1=O. The lowest BCUT2D eigenvalue weighted by molar-refractivity contribution is -0.278. The number of hydrogen-bond acceptors (Lipinski definition) is 9. The van der Waals surface area contributed by atoms with Gasteiger partial charge in [-0.1, -0.05) is 0 Å². The lowest BCUT2D eigenvalue weighted by atomic mass is 10.2. The second kappa shape index (κ2) is 8.58. The third-order valence-electron chi connectivity index (χ3n) is 3.85. The van der Waals surface area contributed by atoms with Gasteiger partial charge in [-0.05, 0) is 34.6 Å². The van der Waals surface area contributed by atoms with Crippen molar-refractivity contribution < 1.29 is 33.3 Å². The Hall–Kier alpha value is -1.33. The average Bonchev–Trinajstić information content (AvgIpc) is 2.83. The first-order valence-corrected chi connectivity index (χ1v) is 10.6. The van der Waals surface area contributed by atoms with Gasteiger partial charge < -0.3 is 28.7 Å². The van der Waals surface area contributed by atoms with E-state index in [9.17, 15) is 24.4 Å². The average molecular weight is 422 g/mol. The molecule has 0 saturated carbocycles. The highest BCUT2D eigenvalue weighted by Crippen LogP contribution is 2.51. The molecule has 0 amide bonds. The minimum Gasteiger partial charge on any atom is -0.382 e. The van der Waals surface area contributed by atoms with Crippen molar-refractivity contribution in [3.63, 3.8) is 0 Å². The Morgan fingerprint density at radius 2 is 1.89 bits per heavy atom. The van der Waals surface area contributed by atoms with Crippen LogP contribution in [-0.4, -0.2) is 57.1 Å². The van der Waals surface area contributed by atoms with Crippen LogP contribution in [0.1, 0.15) is 33.3 Å². The molecule has 1 fully saturated rings. The molecule has 2 rings (SSSR count). The van der Waals surface area contributed by atoms with Gasteiger partial charge in [-0.25, -0.2) is 9.36 Å². The zero-order valence-electron chi connectivity index (χ0n) is 16.4. The maximum atomic E-state index is 12.8. The summed E-state index contributed by atoms with van der Waals surface area (Å²) < 4.78 is 34.9. The van der Waals surface area contributed by atoms with Gasteiger partial charge in [0.1, 0.15) is 12.5 Å². The van der Waals surface area contributed by atoms with Crippen molar-refractivity contribution in [3.05, 3.63) is 32.6 Å². The van der Waals surface area contributed by atoms with Gasteiger partial charge in [-0.2, -0.15) is 0 Å². The number of H-pyrrole nitrogens is 1. The molecular formula is C16H27N2O9P. The Morgan fingerprint density at radius 3 is 2.43 bits per heavy atom. The van der Waals surface area contributed by atoms with Gasteiger partial charge in [-0.15, -0.1) is 0 Å². The molecule has 2 heterocycles. The van der Waals surface area contributed by atoms with Gasteiger partial charge >= 0.3 is 13.3 Å². The summed E-state index contributed by atoms with van der Waals surface area (Å²) >= 11 is 0.